The Bertz CT molecular complexity index is 819. The van der Waals surface area contributed by atoms with Gasteiger partial charge in [0.2, 0.25) is 5.91 Å². The molecule has 4 rings (SSSR count). The lowest BCUT2D eigenvalue weighted by molar-refractivity contribution is -0.137. The fourth-order valence-corrected chi connectivity index (χ4v) is 3.65. The Morgan fingerprint density at radius 2 is 2.15 bits per heavy atom. The number of halogens is 1. The van der Waals surface area contributed by atoms with Crippen LogP contribution >= 0.6 is 11.6 Å². The molecule has 0 unspecified atom stereocenters. The van der Waals surface area contributed by atoms with Crippen molar-refractivity contribution in [3.05, 3.63) is 41.2 Å². The topological polar surface area (TPSA) is 65.8 Å². The van der Waals surface area contributed by atoms with Crippen molar-refractivity contribution in [1.82, 2.24) is 14.7 Å². The quantitative estimate of drug-likeness (QED) is 0.782. The van der Waals surface area contributed by atoms with Crippen molar-refractivity contribution in [2.75, 3.05) is 26.4 Å². The first kappa shape index (κ1) is 18.1. The van der Waals surface area contributed by atoms with E-state index in [4.69, 9.17) is 25.8 Å². The summed E-state index contributed by atoms with van der Waals surface area (Å²) in [4.78, 5) is 14.8. The van der Waals surface area contributed by atoms with Gasteiger partial charge in [0.15, 0.2) is 17.6 Å². The summed E-state index contributed by atoms with van der Waals surface area (Å²) in [5.41, 5.74) is 0.670. The van der Waals surface area contributed by atoms with Crippen LogP contribution in [0.3, 0.4) is 0 Å². The maximum Gasteiger partial charge on any atom is 0.228 e. The number of rotatable bonds is 5. The number of amides is 1. The Hall–Kier alpha value is -2.25. The fourth-order valence-electron chi connectivity index (χ4n) is 3.41. The van der Waals surface area contributed by atoms with Crippen LogP contribution in [0.1, 0.15) is 12.1 Å². The summed E-state index contributed by atoms with van der Waals surface area (Å²) >= 11 is 6.26. The van der Waals surface area contributed by atoms with Gasteiger partial charge < -0.3 is 19.1 Å². The zero-order chi connectivity index (χ0) is 18.8. The molecule has 0 radical (unpaired) electrons. The van der Waals surface area contributed by atoms with Gasteiger partial charge in [-0.3, -0.25) is 9.48 Å². The Kier molecular flexibility index (Phi) is 5.22. The first-order valence-corrected chi connectivity index (χ1v) is 9.41. The highest BCUT2D eigenvalue weighted by atomic mass is 35.5. The van der Waals surface area contributed by atoms with Gasteiger partial charge in [0.05, 0.1) is 30.6 Å². The van der Waals surface area contributed by atoms with Gasteiger partial charge in [-0.05, 0) is 18.6 Å². The maximum absolute atomic E-state index is 13.1. The SMILES string of the molecule is Cn1cc(Cl)c(CN(C[C@H]2COc3ccccc3O2)C(=O)[C@@H]2CCOC2)n1. The highest BCUT2D eigenvalue weighted by Crippen LogP contribution is 2.31. The molecule has 1 aromatic carbocycles. The number of para-hydroxylation sites is 2. The summed E-state index contributed by atoms with van der Waals surface area (Å²) in [6.45, 7) is 2.19. The van der Waals surface area contributed by atoms with Crippen LogP contribution in [-0.4, -0.2) is 53.1 Å². The third-order valence-electron chi connectivity index (χ3n) is 4.78. The highest BCUT2D eigenvalue weighted by molar-refractivity contribution is 6.31. The van der Waals surface area contributed by atoms with Crippen LogP contribution in [0.5, 0.6) is 11.5 Å². The van der Waals surface area contributed by atoms with Crippen molar-refractivity contribution in [2.45, 2.75) is 19.1 Å². The van der Waals surface area contributed by atoms with E-state index >= 15 is 0 Å². The molecule has 0 saturated carbocycles. The summed E-state index contributed by atoms with van der Waals surface area (Å²) in [6.07, 6.45) is 2.21. The first-order valence-electron chi connectivity index (χ1n) is 9.03. The van der Waals surface area contributed by atoms with Gasteiger partial charge in [-0.2, -0.15) is 5.10 Å². The van der Waals surface area contributed by atoms with Crippen LogP contribution < -0.4 is 9.47 Å². The standard InChI is InChI=1S/C19H22ClN3O4/c1-22-9-15(20)16(21-22)10-23(19(24)13-6-7-25-11-13)8-14-12-26-17-4-2-3-5-18(17)27-14/h2-5,9,13-14H,6-8,10-12H2,1H3/t13-,14+/m1/s1. The number of fused-ring (bicyclic) bond motifs is 1. The Labute approximate surface area is 162 Å². The first-order chi connectivity index (χ1) is 13.1. The van der Waals surface area contributed by atoms with Gasteiger partial charge in [-0.15, -0.1) is 0 Å². The van der Waals surface area contributed by atoms with Crippen LogP contribution in [0.15, 0.2) is 30.5 Å². The summed E-state index contributed by atoms with van der Waals surface area (Å²) in [5, 5.41) is 4.92. The van der Waals surface area contributed by atoms with Crippen molar-refractivity contribution < 1.29 is 19.0 Å². The van der Waals surface area contributed by atoms with E-state index in [9.17, 15) is 4.79 Å². The number of nitrogens with zero attached hydrogens (tertiary/aromatic N) is 3. The molecule has 2 aliphatic rings. The second-order valence-electron chi connectivity index (χ2n) is 6.87. The van der Waals surface area contributed by atoms with Crippen LogP contribution in [0, 0.1) is 5.92 Å². The van der Waals surface area contributed by atoms with E-state index in [-0.39, 0.29) is 17.9 Å². The molecule has 144 valence electrons. The van der Waals surface area contributed by atoms with Gasteiger partial charge >= 0.3 is 0 Å². The smallest absolute Gasteiger partial charge is 0.228 e. The molecule has 1 amide bonds. The van der Waals surface area contributed by atoms with Gasteiger partial charge in [0, 0.05) is 19.9 Å². The number of ether oxygens (including phenoxy) is 3. The largest absolute Gasteiger partial charge is 0.486 e. The number of benzene rings is 1. The molecular formula is C19H22ClN3O4. The molecule has 0 spiro atoms. The van der Waals surface area contributed by atoms with E-state index in [2.05, 4.69) is 5.10 Å². The lowest BCUT2D eigenvalue weighted by atomic mass is 10.1. The zero-order valence-corrected chi connectivity index (χ0v) is 15.9. The van der Waals surface area contributed by atoms with Crippen LogP contribution in [-0.2, 0) is 23.1 Å². The molecule has 1 aromatic heterocycles. The number of hydrogen-bond donors (Lipinski definition) is 0. The molecule has 0 aliphatic carbocycles. The molecular weight excluding hydrogens is 370 g/mol. The predicted octanol–water partition coefficient (Wildman–Crippen LogP) is 2.28. The molecule has 1 fully saturated rings. The Morgan fingerprint density at radius 3 is 2.85 bits per heavy atom. The maximum atomic E-state index is 13.1. The van der Waals surface area contributed by atoms with Crippen molar-refractivity contribution in [3.8, 4) is 11.5 Å². The summed E-state index contributed by atoms with van der Waals surface area (Å²) < 4.78 is 18.9. The molecule has 3 heterocycles. The van der Waals surface area contributed by atoms with Crippen LogP contribution in [0.4, 0.5) is 0 Å². The van der Waals surface area contributed by atoms with E-state index in [1.54, 1.807) is 22.8 Å². The van der Waals surface area contributed by atoms with E-state index in [0.717, 1.165) is 12.2 Å². The number of aromatic nitrogens is 2. The van der Waals surface area contributed by atoms with E-state index in [1.807, 2.05) is 24.3 Å². The van der Waals surface area contributed by atoms with Crippen LogP contribution in [0.2, 0.25) is 5.02 Å². The molecule has 1 saturated heterocycles. The van der Waals surface area contributed by atoms with E-state index in [0.29, 0.717) is 49.4 Å². The predicted molar refractivity (Wildman–Crippen MR) is 98.9 cm³/mol. The lowest BCUT2D eigenvalue weighted by Gasteiger charge is -2.32. The highest BCUT2D eigenvalue weighted by Gasteiger charge is 2.32. The molecule has 27 heavy (non-hydrogen) atoms. The van der Waals surface area contributed by atoms with E-state index in [1.165, 1.54) is 0 Å². The minimum Gasteiger partial charge on any atom is -0.486 e. The van der Waals surface area contributed by atoms with Crippen molar-refractivity contribution >= 4 is 17.5 Å². The normalized spacial score (nSPS) is 21.3. The van der Waals surface area contributed by atoms with E-state index < -0.39 is 0 Å². The summed E-state index contributed by atoms with van der Waals surface area (Å²) in [5.74, 6) is 1.32. The van der Waals surface area contributed by atoms with Crippen molar-refractivity contribution in [2.24, 2.45) is 13.0 Å². The van der Waals surface area contributed by atoms with Crippen molar-refractivity contribution in [3.63, 3.8) is 0 Å². The number of carbonyl (C=O) groups is 1. The molecule has 2 aromatic rings. The summed E-state index contributed by atoms with van der Waals surface area (Å²) in [7, 11) is 1.81. The minimum absolute atomic E-state index is 0.0386. The third-order valence-corrected chi connectivity index (χ3v) is 5.09. The zero-order valence-electron chi connectivity index (χ0n) is 15.1. The molecule has 0 bridgehead atoms. The number of carbonyl (C=O) groups excluding carboxylic acids is 1. The molecule has 8 heteroatoms. The fraction of sp³-hybridized carbons (Fsp3) is 0.474. The average Bonchev–Trinajstić information content (AvgIpc) is 3.30. The molecule has 0 N–H and O–H groups in total. The summed E-state index contributed by atoms with van der Waals surface area (Å²) in [6, 6.07) is 7.55. The third kappa shape index (κ3) is 4.04. The number of hydrogen-bond acceptors (Lipinski definition) is 5. The Balaban J connectivity index is 1.51. The Morgan fingerprint density at radius 1 is 1.33 bits per heavy atom. The van der Waals surface area contributed by atoms with Crippen LogP contribution in [0.25, 0.3) is 0 Å². The lowest BCUT2D eigenvalue weighted by Crippen LogP contribution is -2.45. The van der Waals surface area contributed by atoms with Gasteiger partial charge in [-0.25, -0.2) is 0 Å². The van der Waals surface area contributed by atoms with Gasteiger partial charge in [0.1, 0.15) is 12.3 Å². The second kappa shape index (κ2) is 7.78. The van der Waals surface area contributed by atoms with Crippen molar-refractivity contribution in [1.29, 1.82) is 0 Å². The monoisotopic (exact) mass is 391 g/mol. The van der Waals surface area contributed by atoms with Gasteiger partial charge in [-0.1, -0.05) is 23.7 Å². The molecule has 2 atom stereocenters. The molecule has 2 aliphatic heterocycles. The average molecular weight is 392 g/mol. The van der Waals surface area contributed by atoms with Gasteiger partial charge in [0.25, 0.3) is 0 Å². The molecule has 7 nitrogen and oxygen atoms in total. The number of aryl methyl sites for hydroxylation is 1. The minimum atomic E-state index is -0.256. The second-order valence-corrected chi connectivity index (χ2v) is 7.28.